The Morgan fingerprint density at radius 3 is 0.946 bits per heavy atom. The van der Waals surface area contributed by atoms with Crippen LogP contribution in [-0.4, -0.2) is 40.4 Å². The van der Waals surface area contributed by atoms with Crippen LogP contribution in [0.4, 0.5) is 0 Å². The molecule has 0 aliphatic rings. The van der Waals surface area contributed by atoms with E-state index in [0.29, 0.717) is 11.1 Å². The van der Waals surface area contributed by atoms with Crippen molar-refractivity contribution < 1.29 is 25.8 Å². The van der Waals surface area contributed by atoms with Crippen LogP contribution in [0.2, 0.25) is 89.6 Å². The maximum Gasteiger partial charge on any atom is 4.00 e. The van der Waals surface area contributed by atoms with Gasteiger partial charge in [-0.2, -0.15) is 12.1 Å². The van der Waals surface area contributed by atoms with Gasteiger partial charge in [-0.1, -0.05) is 187 Å². The molecular weight excluding hydrogens is 919 g/mol. The van der Waals surface area contributed by atoms with Crippen molar-refractivity contribution in [1.29, 1.82) is 0 Å². The van der Waals surface area contributed by atoms with Crippen LogP contribution in [0, 0.1) is 14.9 Å². The standard InChI is InChI=1S/C48H66Si5.2CH3.Hf/c1-33(2)53(34(3)4,43-23-35-19-17-21-45(47(35)31-43)37-25-39(49(5,6)7)29-40(26-37)50(8,9)10)44-24-36-20-18-22-46(48(36)32-44)38-27-41(51(11,12)13)30-42(28-38)52(14,15)16;;;/h17-34H,1-16H3;2*1H3;/q-2;2*-1;+4. The fourth-order valence-electron chi connectivity index (χ4n) is 8.92. The molecule has 0 heterocycles. The topological polar surface area (TPSA) is 0 Å². The van der Waals surface area contributed by atoms with E-state index in [2.05, 4.69) is 203 Å². The molecule has 0 radical (unpaired) electrons. The molecule has 0 amide bonds. The van der Waals surface area contributed by atoms with E-state index in [-0.39, 0.29) is 40.7 Å². The van der Waals surface area contributed by atoms with Crippen LogP contribution in [0.3, 0.4) is 0 Å². The molecule has 0 aliphatic heterocycles. The van der Waals surface area contributed by atoms with Gasteiger partial charge in [-0.15, -0.1) is 68.3 Å². The first kappa shape index (κ1) is 48.4. The normalized spacial score (nSPS) is 12.9. The molecule has 56 heavy (non-hydrogen) atoms. The van der Waals surface area contributed by atoms with Gasteiger partial charge in [0.1, 0.15) is 0 Å². The summed E-state index contributed by atoms with van der Waals surface area (Å²) in [6, 6.07) is 39.9. The molecule has 296 valence electrons. The number of rotatable bonds is 10. The molecule has 6 heteroatoms. The Hall–Kier alpha value is -1.95. The van der Waals surface area contributed by atoms with Gasteiger partial charge < -0.3 is 14.9 Å². The summed E-state index contributed by atoms with van der Waals surface area (Å²) < 4.78 is 0. The Kier molecular flexibility index (Phi) is 14.7. The average molecular weight is 992 g/mol. The first-order chi connectivity index (χ1) is 24.4. The zero-order valence-electron chi connectivity index (χ0n) is 38.4. The van der Waals surface area contributed by atoms with Crippen LogP contribution in [0.15, 0.2) is 97.1 Å². The third kappa shape index (κ3) is 9.11. The van der Waals surface area contributed by atoms with E-state index in [1.807, 2.05) is 0 Å². The molecule has 0 aliphatic carbocycles. The van der Waals surface area contributed by atoms with Gasteiger partial charge in [-0.05, 0) is 22.2 Å². The molecular formula is C50H72HfSi5. The van der Waals surface area contributed by atoms with E-state index in [1.54, 1.807) is 31.1 Å². The number of hydrogen-bond acceptors (Lipinski definition) is 0. The van der Waals surface area contributed by atoms with Gasteiger partial charge >= 0.3 is 25.8 Å². The van der Waals surface area contributed by atoms with Crippen molar-refractivity contribution in [2.45, 2.75) is 117 Å². The minimum atomic E-state index is -2.25. The number of fused-ring (bicyclic) bond motifs is 2. The molecule has 0 nitrogen and oxygen atoms in total. The van der Waals surface area contributed by atoms with Crippen LogP contribution in [-0.2, 0) is 25.8 Å². The van der Waals surface area contributed by atoms with Gasteiger partial charge in [0.05, 0.1) is 40.4 Å². The minimum Gasteiger partial charge on any atom is -0.358 e. The van der Waals surface area contributed by atoms with E-state index in [0.717, 1.165) is 0 Å². The monoisotopic (exact) mass is 992 g/mol. The van der Waals surface area contributed by atoms with E-state index >= 15 is 0 Å². The molecule has 0 fully saturated rings. The summed E-state index contributed by atoms with van der Waals surface area (Å²) in [5.41, 5.74) is 6.72. The van der Waals surface area contributed by atoms with Crippen LogP contribution in [0.25, 0.3) is 43.8 Å². The summed E-state index contributed by atoms with van der Waals surface area (Å²) in [4.78, 5) is 0. The zero-order chi connectivity index (χ0) is 39.1. The van der Waals surface area contributed by atoms with Gasteiger partial charge in [0, 0.05) is 0 Å². The summed E-state index contributed by atoms with van der Waals surface area (Å²) in [5.74, 6) is 0. The maximum absolute atomic E-state index is 2.64. The molecule has 0 saturated carbocycles. The molecule has 6 rings (SSSR count). The summed E-state index contributed by atoms with van der Waals surface area (Å²) in [7, 11) is -8.30. The summed E-state index contributed by atoms with van der Waals surface area (Å²) >= 11 is 0. The summed E-state index contributed by atoms with van der Waals surface area (Å²) in [5, 5.41) is 15.1. The molecule has 0 atom stereocenters. The van der Waals surface area contributed by atoms with Crippen molar-refractivity contribution >= 4 is 93.0 Å². The van der Waals surface area contributed by atoms with E-state index in [9.17, 15) is 0 Å². The molecule has 0 saturated heterocycles. The molecule has 0 aromatic heterocycles. The van der Waals surface area contributed by atoms with E-state index in [4.69, 9.17) is 0 Å². The third-order valence-corrected chi connectivity index (χ3v) is 26.4. The minimum absolute atomic E-state index is 0. The van der Waals surface area contributed by atoms with Crippen molar-refractivity contribution in [3.05, 3.63) is 112 Å². The first-order valence-electron chi connectivity index (χ1n) is 20.1. The quantitative estimate of drug-likeness (QED) is 0.0948. The molecule has 0 bridgehead atoms. The smallest absolute Gasteiger partial charge is 0.358 e. The van der Waals surface area contributed by atoms with Crippen molar-refractivity contribution in [2.24, 2.45) is 0 Å². The number of benzene rings is 4. The molecule has 6 aromatic rings. The largest absolute Gasteiger partial charge is 4.00 e. The SMILES string of the molecule is CC(C)[Si](c1cc2c(-c3cc([Si](C)(C)C)cc([Si](C)(C)C)c3)cccc2[cH-]1)(c1cc2c(-c3cc([Si](C)(C)C)cc([Si](C)(C)C)c3)cccc2[cH-]1)C(C)C.[CH3-].[CH3-].[Hf+4]. The summed E-state index contributed by atoms with van der Waals surface area (Å²) in [6.07, 6.45) is 0. The van der Waals surface area contributed by atoms with Gasteiger partial charge in [0.15, 0.2) is 0 Å². The van der Waals surface area contributed by atoms with Crippen molar-refractivity contribution in [2.75, 3.05) is 0 Å². The second-order valence-corrected chi connectivity index (χ2v) is 46.4. The Labute approximate surface area is 367 Å². The zero-order valence-corrected chi connectivity index (χ0v) is 47.0. The van der Waals surface area contributed by atoms with E-state index < -0.39 is 40.4 Å². The van der Waals surface area contributed by atoms with Gasteiger partial charge in [0.2, 0.25) is 0 Å². The van der Waals surface area contributed by atoms with Crippen molar-refractivity contribution in [1.82, 2.24) is 0 Å². The Morgan fingerprint density at radius 2 is 0.696 bits per heavy atom. The predicted octanol–water partition coefficient (Wildman–Crippen LogP) is 12.2. The van der Waals surface area contributed by atoms with Gasteiger partial charge in [-0.25, -0.2) is 0 Å². The predicted molar refractivity (Wildman–Crippen MR) is 270 cm³/mol. The molecule has 6 aromatic carbocycles. The fourth-order valence-corrected chi connectivity index (χ4v) is 19.8. The molecule has 0 spiro atoms. The maximum atomic E-state index is 2.64. The second-order valence-electron chi connectivity index (χ2n) is 20.9. The van der Waals surface area contributed by atoms with Crippen molar-refractivity contribution in [3.8, 4) is 22.3 Å². The first-order valence-corrected chi connectivity index (χ1v) is 36.3. The molecule has 0 N–H and O–H groups in total. The Bertz CT molecular complexity index is 2060. The van der Waals surface area contributed by atoms with Crippen LogP contribution >= 0.6 is 0 Å². The fraction of sp³-hybridized carbons (Fsp3) is 0.360. The van der Waals surface area contributed by atoms with Gasteiger partial charge in [0.25, 0.3) is 0 Å². The molecule has 0 unspecified atom stereocenters. The third-order valence-electron chi connectivity index (χ3n) is 12.2. The van der Waals surface area contributed by atoms with Crippen LogP contribution in [0.5, 0.6) is 0 Å². The average Bonchev–Trinajstić information content (AvgIpc) is 3.67. The van der Waals surface area contributed by atoms with Crippen molar-refractivity contribution in [3.63, 3.8) is 0 Å². The van der Waals surface area contributed by atoms with E-state index in [1.165, 1.54) is 43.8 Å². The van der Waals surface area contributed by atoms with Crippen LogP contribution in [0.1, 0.15) is 27.7 Å². The number of hydrogen-bond donors (Lipinski definition) is 0. The second kappa shape index (κ2) is 17.0. The Morgan fingerprint density at radius 1 is 0.411 bits per heavy atom. The van der Waals surface area contributed by atoms with Crippen LogP contribution < -0.4 is 31.1 Å². The Balaban J connectivity index is 0.00000280. The summed E-state index contributed by atoms with van der Waals surface area (Å²) in [6.45, 7) is 40.0. The van der Waals surface area contributed by atoms with Gasteiger partial charge in [-0.3, -0.25) is 0 Å².